The predicted octanol–water partition coefficient (Wildman–Crippen LogP) is 5.36. The van der Waals surface area contributed by atoms with Gasteiger partial charge < -0.3 is 10.2 Å². The third-order valence-corrected chi connectivity index (χ3v) is 4.77. The number of pyridine rings is 1. The van der Waals surface area contributed by atoms with E-state index in [1.165, 1.54) is 5.56 Å². The molecule has 0 aliphatic rings. The van der Waals surface area contributed by atoms with Crippen LogP contribution in [0.4, 0.5) is 11.4 Å². The van der Waals surface area contributed by atoms with Crippen LogP contribution in [0.5, 0.6) is 0 Å². The normalized spacial score (nSPS) is 10.5. The second-order valence-electron chi connectivity index (χ2n) is 6.65. The summed E-state index contributed by atoms with van der Waals surface area (Å²) < 4.78 is 0. The summed E-state index contributed by atoms with van der Waals surface area (Å²) in [6.45, 7) is 5.34. The van der Waals surface area contributed by atoms with Crippen molar-refractivity contribution in [2.24, 2.45) is 0 Å². The summed E-state index contributed by atoms with van der Waals surface area (Å²) in [6, 6.07) is 17.6. The standard InChI is InChI=1S/C23H24ClN3O/c1-3-27(22-6-4-5-17(2)13-22)23(28)19-14-21(16-25-15-19)26-12-11-18-7-9-20(24)10-8-18/h4-10,13-16,26H,3,11-12H2,1-2H3. The van der Waals surface area contributed by atoms with Gasteiger partial charge >= 0.3 is 0 Å². The van der Waals surface area contributed by atoms with Crippen LogP contribution in [0.15, 0.2) is 67.0 Å². The Balaban J connectivity index is 1.67. The lowest BCUT2D eigenvalue weighted by Gasteiger charge is -2.21. The highest BCUT2D eigenvalue weighted by atomic mass is 35.5. The summed E-state index contributed by atoms with van der Waals surface area (Å²) in [4.78, 5) is 19.0. The number of anilines is 2. The van der Waals surface area contributed by atoms with E-state index in [2.05, 4.69) is 10.3 Å². The fraction of sp³-hybridized carbons (Fsp3) is 0.217. The smallest absolute Gasteiger partial charge is 0.259 e. The first-order chi connectivity index (χ1) is 13.6. The van der Waals surface area contributed by atoms with Crippen LogP contribution in [0.25, 0.3) is 0 Å². The largest absolute Gasteiger partial charge is 0.383 e. The number of benzene rings is 2. The summed E-state index contributed by atoms with van der Waals surface area (Å²) >= 11 is 5.92. The Hall–Kier alpha value is -2.85. The molecule has 1 amide bonds. The molecular formula is C23H24ClN3O. The van der Waals surface area contributed by atoms with Crippen LogP contribution in [0.3, 0.4) is 0 Å². The van der Waals surface area contributed by atoms with Gasteiger partial charge in [-0.3, -0.25) is 9.78 Å². The lowest BCUT2D eigenvalue weighted by molar-refractivity contribution is 0.0988. The number of nitrogens with zero attached hydrogens (tertiary/aromatic N) is 2. The van der Waals surface area contributed by atoms with Gasteiger partial charge in [0.2, 0.25) is 0 Å². The zero-order valence-electron chi connectivity index (χ0n) is 16.2. The van der Waals surface area contributed by atoms with Crippen LogP contribution in [0.2, 0.25) is 5.02 Å². The monoisotopic (exact) mass is 393 g/mol. The maximum atomic E-state index is 13.0. The van der Waals surface area contributed by atoms with Gasteiger partial charge in [0.25, 0.3) is 5.91 Å². The summed E-state index contributed by atoms with van der Waals surface area (Å²) in [5.41, 5.74) is 4.63. The molecule has 0 spiro atoms. The van der Waals surface area contributed by atoms with Gasteiger partial charge in [-0.15, -0.1) is 0 Å². The van der Waals surface area contributed by atoms with Gasteiger partial charge in [0.05, 0.1) is 11.3 Å². The Morgan fingerprint density at radius 2 is 1.89 bits per heavy atom. The number of halogens is 1. The van der Waals surface area contributed by atoms with Crippen molar-refractivity contribution < 1.29 is 4.79 Å². The molecule has 0 aliphatic carbocycles. The van der Waals surface area contributed by atoms with E-state index >= 15 is 0 Å². The molecule has 0 fully saturated rings. The predicted molar refractivity (Wildman–Crippen MR) is 116 cm³/mol. The maximum absolute atomic E-state index is 13.0. The molecule has 0 unspecified atom stereocenters. The number of nitrogens with one attached hydrogen (secondary N) is 1. The molecule has 0 saturated heterocycles. The molecule has 0 aliphatic heterocycles. The Labute approximate surface area is 171 Å². The SMILES string of the molecule is CCN(C(=O)c1cncc(NCCc2ccc(Cl)cc2)c1)c1cccc(C)c1. The molecule has 3 rings (SSSR count). The number of carbonyl (C=O) groups is 1. The number of aromatic nitrogens is 1. The first-order valence-electron chi connectivity index (χ1n) is 9.38. The van der Waals surface area contributed by atoms with Crippen molar-refractivity contribution in [1.29, 1.82) is 0 Å². The van der Waals surface area contributed by atoms with E-state index in [0.717, 1.165) is 34.9 Å². The molecule has 2 aromatic carbocycles. The van der Waals surface area contributed by atoms with Gasteiger partial charge in [-0.05, 0) is 61.7 Å². The first-order valence-corrected chi connectivity index (χ1v) is 9.76. The minimum absolute atomic E-state index is 0.0537. The van der Waals surface area contributed by atoms with Crippen LogP contribution in [-0.4, -0.2) is 24.0 Å². The topological polar surface area (TPSA) is 45.2 Å². The van der Waals surface area contributed by atoms with Crippen LogP contribution in [0, 0.1) is 6.92 Å². The Morgan fingerprint density at radius 1 is 1.11 bits per heavy atom. The highest BCUT2D eigenvalue weighted by molar-refractivity contribution is 6.30. The average molecular weight is 394 g/mol. The average Bonchev–Trinajstić information content (AvgIpc) is 2.70. The second-order valence-corrected chi connectivity index (χ2v) is 7.09. The van der Waals surface area contributed by atoms with Gasteiger partial charge in [0.1, 0.15) is 0 Å². The number of rotatable bonds is 7. The van der Waals surface area contributed by atoms with Crippen molar-refractivity contribution in [2.75, 3.05) is 23.3 Å². The lowest BCUT2D eigenvalue weighted by Crippen LogP contribution is -2.30. The summed E-state index contributed by atoms with van der Waals surface area (Å²) in [6.07, 6.45) is 4.21. The van der Waals surface area contributed by atoms with Crippen molar-refractivity contribution in [3.63, 3.8) is 0 Å². The Morgan fingerprint density at radius 3 is 2.61 bits per heavy atom. The molecule has 0 saturated carbocycles. The minimum atomic E-state index is -0.0537. The molecule has 144 valence electrons. The molecule has 1 N–H and O–H groups in total. The van der Waals surface area contributed by atoms with Crippen LogP contribution >= 0.6 is 11.6 Å². The number of amides is 1. The molecule has 0 atom stereocenters. The van der Waals surface area contributed by atoms with Gasteiger partial charge in [0, 0.05) is 36.2 Å². The number of aryl methyl sites for hydroxylation is 1. The molecule has 1 heterocycles. The quantitative estimate of drug-likeness (QED) is 0.587. The molecule has 0 radical (unpaired) electrons. The maximum Gasteiger partial charge on any atom is 0.259 e. The highest BCUT2D eigenvalue weighted by Crippen LogP contribution is 2.19. The van der Waals surface area contributed by atoms with E-state index < -0.39 is 0 Å². The highest BCUT2D eigenvalue weighted by Gasteiger charge is 2.17. The molecule has 4 nitrogen and oxygen atoms in total. The van der Waals surface area contributed by atoms with Crippen molar-refractivity contribution in [3.8, 4) is 0 Å². The molecular weight excluding hydrogens is 370 g/mol. The van der Waals surface area contributed by atoms with E-state index in [-0.39, 0.29) is 5.91 Å². The molecule has 5 heteroatoms. The molecule has 1 aromatic heterocycles. The zero-order chi connectivity index (χ0) is 19.9. The summed E-state index contributed by atoms with van der Waals surface area (Å²) in [5, 5.41) is 4.08. The van der Waals surface area contributed by atoms with Crippen molar-refractivity contribution in [1.82, 2.24) is 4.98 Å². The van der Waals surface area contributed by atoms with E-state index in [4.69, 9.17) is 11.6 Å². The van der Waals surface area contributed by atoms with Gasteiger partial charge in [0.15, 0.2) is 0 Å². The van der Waals surface area contributed by atoms with E-state index in [1.807, 2.05) is 68.4 Å². The van der Waals surface area contributed by atoms with Crippen molar-refractivity contribution in [3.05, 3.63) is 88.7 Å². The Kier molecular flexibility index (Phi) is 6.66. The molecule has 28 heavy (non-hydrogen) atoms. The van der Waals surface area contributed by atoms with Crippen molar-refractivity contribution >= 4 is 28.9 Å². The fourth-order valence-electron chi connectivity index (χ4n) is 3.05. The molecule has 0 bridgehead atoms. The van der Waals surface area contributed by atoms with Crippen LogP contribution < -0.4 is 10.2 Å². The van der Waals surface area contributed by atoms with Gasteiger partial charge in [-0.25, -0.2) is 0 Å². The second kappa shape index (κ2) is 9.38. The van der Waals surface area contributed by atoms with E-state index in [9.17, 15) is 4.79 Å². The number of hydrogen-bond donors (Lipinski definition) is 1. The third-order valence-electron chi connectivity index (χ3n) is 4.52. The van der Waals surface area contributed by atoms with Crippen molar-refractivity contribution in [2.45, 2.75) is 20.3 Å². The number of hydrogen-bond acceptors (Lipinski definition) is 3. The van der Waals surface area contributed by atoms with E-state index in [1.54, 1.807) is 17.3 Å². The van der Waals surface area contributed by atoms with Crippen LogP contribution in [-0.2, 0) is 6.42 Å². The zero-order valence-corrected chi connectivity index (χ0v) is 16.9. The summed E-state index contributed by atoms with van der Waals surface area (Å²) in [5.74, 6) is -0.0537. The Bertz CT molecular complexity index is 941. The first kappa shape index (κ1) is 19.9. The fourth-order valence-corrected chi connectivity index (χ4v) is 3.18. The van der Waals surface area contributed by atoms with Gasteiger partial charge in [-0.1, -0.05) is 35.9 Å². The third kappa shape index (κ3) is 5.11. The van der Waals surface area contributed by atoms with Gasteiger partial charge in [-0.2, -0.15) is 0 Å². The minimum Gasteiger partial charge on any atom is -0.383 e. The summed E-state index contributed by atoms with van der Waals surface area (Å²) in [7, 11) is 0. The van der Waals surface area contributed by atoms with Crippen LogP contribution in [0.1, 0.15) is 28.4 Å². The molecule has 3 aromatic rings. The number of carbonyl (C=O) groups excluding carboxylic acids is 1. The van der Waals surface area contributed by atoms with E-state index in [0.29, 0.717) is 12.1 Å². The lowest BCUT2D eigenvalue weighted by atomic mass is 10.1.